The van der Waals surface area contributed by atoms with Crippen molar-refractivity contribution >= 4 is 17.0 Å². The number of carbonyl (C=O) groups excluding carboxylic acids is 1. The monoisotopic (exact) mass is 361 g/mol. The summed E-state index contributed by atoms with van der Waals surface area (Å²) in [6.07, 6.45) is 0. The van der Waals surface area contributed by atoms with E-state index in [0.717, 1.165) is 5.56 Å². The number of pyridine rings is 1. The summed E-state index contributed by atoms with van der Waals surface area (Å²) in [5.41, 5.74) is 3.15. The van der Waals surface area contributed by atoms with Gasteiger partial charge in [0, 0.05) is 17.7 Å². The fraction of sp³-hybridized carbons (Fsp3) is 0.0952. The Bertz CT molecular complexity index is 1120. The molecule has 134 valence electrons. The number of aryl methyl sites for hydroxylation is 1. The van der Waals surface area contributed by atoms with E-state index >= 15 is 0 Å². The Hall–Kier alpha value is -3.54. The van der Waals surface area contributed by atoms with Gasteiger partial charge in [0.2, 0.25) is 0 Å². The van der Waals surface area contributed by atoms with Crippen LogP contribution < -0.4 is 5.32 Å². The van der Waals surface area contributed by atoms with Crippen LogP contribution in [0.1, 0.15) is 21.6 Å². The van der Waals surface area contributed by atoms with Crippen molar-refractivity contribution in [1.29, 1.82) is 0 Å². The number of benzene rings is 2. The zero-order valence-corrected chi connectivity index (χ0v) is 14.6. The van der Waals surface area contributed by atoms with Gasteiger partial charge in [-0.1, -0.05) is 53.7 Å². The highest BCUT2D eigenvalue weighted by atomic mass is 19.1. The van der Waals surface area contributed by atoms with E-state index in [9.17, 15) is 9.18 Å². The van der Waals surface area contributed by atoms with Crippen molar-refractivity contribution in [3.8, 4) is 11.3 Å². The molecular weight excluding hydrogens is 345 g/mol. The molecule has 0 radical (unpaired) electrons. The van der Waals surface area contributed by atoms with E-state index in [1.807, 2.05) is 30.3 Å². The largest absolute Gasteiger partial charge is 0.348 e. The molecular formula is C21H16FN3O2. The van der Waals surface area contributed by atoms with Gasteiger partial charge in [-0.25, -0.2) is 9.37 Å². The lowest BCUT2D eigenvalue weighted by Crippen LogP contribution is -2.23. The third-order valence-electron chi connectivity index (χ3n) is 4.33. The van der Waals surface area contributed by atoms with Gasteiger partial charge in [0.25, 0.3) is 11.6 Å². The van der Waals surface area contributed by atoms with Crippen LogP contribution in [0.5, 0.6) is 0 Å². The minimum absolute atomic E-state index is 0.0837. The van der Waals surface area contributed by atoms with Crippen molar-refractivity contribution in [1.82, 2.24) is 15.5 Å². The third-order valence-corrected chi connectivity index (χ3v) is 4.33. The van der Waals surface area contributed by atoms with Crippen LogP contribution in [0, 0.1) is 12.7 Å². The molecule has 1 N–H and O–H groups in total. The van der Waals surface area contributed by atoms with E-state index in [0.29, 0.717) is 33.6 Å². The van der Waals surface area contributed by atoms with Gasteiger partial charge >= 0.3 is 0 Å². The smallest absolute Gasteiger partial charge is 0.259 e. The molecule has 0 aliphatic carbocycles. The van der Waals surface area contributed by atoms with E-state index in [1.165, 1.54) is 6.07 Å². The number of halogens is 1. The van der Waals surface area contributed by atoms with Gasteiger partial charge in [-0.2, -0.15) is 0 Å². The summed E-state index contributed by atoms with van der Waals surface area (Å²) in [6, 6.07) is 17.5. The van der Waals surface area contributed by atoms with Crippen molar-refractivity contribution in [2.75, 3.05) is 0 Å². The standard InChI is InChI=1S/C21H16FN3O2/c1-13-19-16(20(26)23-12-15-9-5-6-10-17(15)22)11-18(24-21(19)27-25-13)14-7-3-2-4-8-14/h2-11H,12H2,1H3,(H,23,26). The molecule has 1 amide bonds. The summed E-state index contributed by atoms with van der Waals surface area (Å²) >= 11 is 0. The number of hydrogen-bond acceptors (Lipinski definition) is 4. The molecule has 2 aromatic carbocycles. The highest BCUT2D eigenvalue weighted by Gasteiger charge is 2.19. The summed E-state index contributed by atoms with van der Waals surface area (Å²) < 4.78 is 19.1. The average Bonchev–Trinajstić information content (AvgIpc) is 3.08. The summed E-state index contributed by atoms with van der Waals surface area (Å²) in [6.45, 7) is 1.84. The zero-order valence-electron chi connectivity index (χ0n) is 14.6. The van der Waals surface area contributed by atoms with Crippen LogP contribution in [-0.4, -0.2) is 16.0 Å². The Labute approximate surface area is 154 Å². The summed E-state index contributed by atoms with van der Waals surface area (Å²) in [7, 11) is 0. The zero-order chi connectivity index (χ0) is 18.8. The van der Waals surface area contributed by atoms with Crippen LogP contribution >= 0.6 is 0 Å². The lowest BCUT2D eigenvalue weighted by molar-refractivity contribution is 0.0952. The first-order valence-corrected chi connectivity index (χ1v) is 8.47. The van der Waals surface area contributed by atoms with Crippen molar-refractivity contribution < 1.29 is 13.7 Å². The third kappa shape index (κ3) is 3.29. The molecule has 0 saturated heterocycles. The minimum atomic E-state index is -0.358. The maximum absolute atomic E-state index is 13.8. The Morgan fingerprint density at radius 2 is 1.85 bits per heavy atom. The van der Waals surface area contributed by atoms with Crippen molar-refractivity contribution in [3.63, 3.8) is 0 Å². The van der Waals surface area contributed by atoms with Gasteiger partial charge in [-0.15, -0.1) is 0 Å². The molecule has 0 unspecified atom stereocenters. The first-order valence-electron chi connectivity index (χ1n) is 8.47. The van der Waals surface area contributed by atoms with E-state index in [-0.39, 0.29) is 18.3 Å². The van der Waals surface area contributed by atoms with Crippen LogP contribution in [0.2, 0.25) is 0 Å². The van der Waals surface area contributed by atoms with E-state index in [1.54, 1.807) is 31.2 Å². The van der Waals surface area contributed by atoms with Gasteiger partial charge in [-0.05, 0) is 19.1 Å². The van der Waals surface area contributed by atoms with Crippen LogP contribution in [0.4, 0.5) is 4.39 Å². The van der Waals surface area contributed by atoms with Gasteiger partial charge in [0.1, 0.15) is 5.82 Å². The Morgan fingerprint density at radius 1 is 1.11 bits per heavy atom. The molecule has 0 spiro atoms. The van der Waals surface area contributed by atoms with Gasteiger partial charge in [0.15, 0.2) is 0 Å². The summed E-state index contributed by atoms with van der Waals surface area (Å²) in [5, 5.41) is 7.25. The summed E-state index contributed by atoms with van der Waals surface area (Å²) in [4.78, 5) is 17.3. The number of rotatable bonds is 4. The molecule has 4 rings (SSSR count). The minimum Gasteiger partial charge on any atom is -0.348 e. The highest BCUT2D eigenvalue weighted by molar-refractivity contribution is 6.06. The van der Waals surface area contributed by atoms with Crippen LogP contribution in [0.3, 0.4) is 0 Å². The van der Waals surface area contributed by atoms with E-state index in [2.05, 4.69) is 15.5 Å². The second-order valence-corrected chi connectivity index (χ2v) is 6.14. The number of fused-ring (bicyclic) bond motifs is 1. The second-order valence-electron chi connectivity index (χ2n) is 6.14. The SMILES string of the molecule is Cc1noc2nc(-c3ccccc3)cc(C(=O)NCc3ccccc3F)c12. The number of nitrogens with zero attached hydrogens (tertiary/aromatic N) is 2. The van der Waals surface area contributed by atoms with E-state index < -0.39 is 0 Å². The number of hydrogen-bond donors (Lipinski definition) is 1. The molecule has 0 atom stereocenters. The Morgan fingerprint density at radius 3 is 2.63 bits per heavy atom. The van der Waals surface area contributed by atoms with Crippen LogP contribution in [0.25, 0.3) is 22.4 Å². The fourth-order valence-corrected chi connectivity index (χ4v) is 2.94. The van der Waals surface area contributed by atoms with Gasteiger partial charge in [-0.3, -0.25) is 4.79 Å². The molecule has 5 nitrogen and oxygen atoms in total. The number of nitrogens with one attached hydrogen (secondary N) is 1. The molecule has 6 heteroatoms. The molecule has 4 aromatic rings. The number of carbonyl (C=O) groups is 1. The molecule has 0 saturated carbocycles. The maximum Gasteiger partial charge on any atom is 0.259 e. The molecule has 2 heterocycles. The lowest BCUT2D eigenvalue weighted by atomic mass is 10.0. The predicted octanol–water partition coefficient (Wildman–Crippen LogP) is 4.27. The average molecular weight is 361 g/mol. The Kier molecular flexibility index (Phi) is 4.38. The van der Waals surface area contributed by atoms with Crippen molar-refractivity contribution in [2.45, 2.75) is 13.5 Å². The molecule has 0 aliphatic rings. The maximum atomic E-state index is 13.8. The van der Waals surface area contributed by atoms with Crippen LogP contribution in [-0.2, 0) is 6.54 Å². The second kappa shape index (κ2) is 6.99. The van der Waals surface area contributed by atoms with Crippen molar-refractivity contribution in [3.05, 3.63) is 83.3 Å². The Balaban J connectivity index is 1.72. The van der Waals surface area contributed by atoms with Crippen molar-refractivity contribution in [2.24, 2.45) is 0 Å². The summed E-state index contributed by atoms with van der Waals surface area (Å²) in [5.74, 6) is -0.696. The number of amides is 1. The van der Waals surface area contributed by atoms with Crippen LogP contribution in [0.15, 0.2) is 65.2 Å². The molecule has 0 fully saturated rings. The molecule has 0 aliphatic heterocycles. The normalized spacial score (nSPS) is 10.9. The first kappa shape index (κ1) is 16.9. The topological polar surface area (TPSA) is 68.0 Å². The van der Waals surface area contributed by atoms with Gasteiger partial charge < -0.3 is 9.84 Å². The van der Waals surface area contributed by atoms with Gasteiger partial charge in [0.05, 0.1) is 22.3 Å². The fourth-order valence-electron chi connectivity index (χ4n) is 2.94. The predicted molar refractivity (Wildman–Crippen MR) is 99.5 cm³/mol. The first-order chi connectivity index (χ1) is 13.1. The molecule has 27 heavy (non-hydrogen) atoms. The quantitative estimate of drug-likeness (QED) is 0.589. The molecule has 2 aromatic heterocycles. The molecule has 0 bridgehead atoms. The number of aromatic nitrogens is 2. The van der Waals surface area contributed by atoms with E-state index in [4.69, 9.17) is 4.52 Å². The highest BCUT2D eigenvalue weighted by Crippen LogP contribution is 2.27. The lowest BCUT2D eigenvalue weighted by Gasteiger charge is -2.09.